The molecule has 37 heavy (non-hydrogen) atoms. The fourth-order valence-electron chi connectivity index (χ4n) is 4.07. The first-order valence-electron chi connectivity index (χ1n) is 10.9. The molecule has 0 spiro atoms. The molecule has 0 aliphatic heterocycles. The maximum absolute atomic E-state index is 13.8. The molecule has 0 radical (unpaired) electrons. The third-order valence-corrected chi connectivity index (χ3v) is 6.81. The van der Waals surface area contributed by atoms with E-state index in [1.807, 2.05) is 0 Å². The highest BCUT2D eigenvalue weighted by Crippen LogP contribution is 2.46. The van der Waals surface area contributed by atoms with Gasteiger partial charge in [0.15, 0.2) is 10.9 Å². The van der Waals surface area contributed by atoms with Gasteiger partial charge in [0, 0.05) is 17.7 Å². The van der Waals surface area contributed by atoms with Crippen molar-refractivity contribution in [2.75, 3.05) is 14.2 Å². The molecule has 0 fully saturated rings. The molecule has 0 saturated carbocycles. The number of nitrogens with zero attached hydrogens (tertiary/aromatic N) is 3. The lowest BCUT2D eigenvalue weighted by atomic mass is 9.98. The van der Waals surface area contributed by atoms with Gasteiger partial charge in [-0.25, -0.2) is 4.98 Å². The van der Waals surface area contributed by atoms with E-state index in [1.54, 1.807) is 42.5 Å². The number of carbonyl (C=O) groups excluding carboxylic acids is 1. The van der Waals surface area contributed by atoms with Crippen molar-refractivity contribution in [2.45, 2.75) is 0 Å². The zero-order chi connectivity index (χ0) is 26.3. The minimum atomic E-state index is -0.686. The first-order chi connectivity index (χ1) is 17.8. The van der Waals surface area contributed by atoms with E-state index in [2.05, 4.69) is 4.98 Å². The van der Waals surface area contributed by atoms with Crippen LogP contribution in [0.2, 0.25) is 0 Å². The summed E-state index contributed by atoms with van der Waals surface area (Å²) in [7, 11) is 2.95. The van der Waals surface area contributed by atoms with Gasteiger partial charge in [-0.3, -0.25) is 19.5 Å². The lowest BCUT2D eigenvalue weighted by molar-refractivity contribution is -0.384. The number of methoxy groups -OCH3 is 2. The summed E-state index contributed by atoms with van der Waals surface area (Å²) in [5, 5.41) is 33.9. The van der Waals surface area contributed by atoms with Crippen molar-refractivity contribution < 1.29 is 29.4 Å². The molecule has 0 bridgehead atoms. The van der Waals surface area contributed by atoms with Gasteiger partial charge in [-0.2, -0.15) is 0 Å². The lowest BCUT2D eigenvalue weighted by Crippen LogP contribution is -2.06. The lowest BCUT2D eigenvalue weighted by Gasteiger charge is -2.11. The number of aromatic nitrogens is 2. The number of rotatable bonds is 7. The third kappa shape index (κ3) is 4.00. The standard InChI is InChI=1S/C26H19N3O7S/c1-35-16-10-11-18-20(13-16)37-26(27-18)28-22(14-6-5-7-15(12-14)29(33)34)21(24(31)25(28)32)23(30)17-8-3-4-9-19(17)36-2/h3-13,31-32H,1-2H3. The number of ether oxygens (including phenoxy) is 2. The Balaban J connectivity index is 1.82. The van der Waals surface area contributed by atoms with Gasteiger partial charge in [-0.15, -0.1) is 0 Å². The van der Waals surface area contributed by atoms with Crippen molar-refractivity contribution in [1.29, 1.82) is 0 Å². The summed E-state index contributed by atoms with van der Waals surface area (Å²) in [5.41, 5.74) is 0.517. The van der Waals surface area contributed by atoms with Crippen LogP contribution in [0, 0.1) is 10.1 Å². The van der Waals surface area contributed by atoms with Crippen molar-refractivity contribution in [1.82, 2.24) is 9.55 Å². The average molecular weight is 518 g/mol. The molecule has 186 valence electrons. The number of para-hydroxylation sites is 1. The summed E-state index contributed by atoms with van der Waals surface area (Å²) in [4.78, 5) is 29.3. The SMILES string of the molecule is COc1ccc2nc(-n3c(O)c(O)c(C(=O)c4ccccc4OC)c3-c3cccc([N+](=O)[O-])c3)sc2c1. The van der Waals surface area contributed by atoms with Gasteiger partial charge in [0.05, 0.1) is 46.2 Å². The van der Waals surface area contributed by atoms with Crippen LogP contribution in [-0.4, -0.2) is 44.7 Å². The van der Waals surface area contributed by atoms with E-state index in [0.717, 1.165) is 4.70 Å². The number of carbonyl (C=O) groups is 1. The Labute approximate surface area is 213 Å². The maximum Gasteiger partial charge on any atom is 0.270 e. The van der Waals surface area contributed by atoms with E-state index < -0.39 is 22.3 Å². The van der Waals surface area contributed by atoms with Crippen LogP contribution >= 0.6 is 11.3 Å². The average Bonchev–Trinajstić information content (AvgIpc) is 3.45. The summed E-state index contributed by atoms with van der Waals surface area (Å²) in [6.07, 6.45) is 0. The molecule has 0 aliphatic rings. The monoisotopic (exact) mass is 517 g/mol. The smallest absolute Gasteiger partial charge is 0.270 e. The zero-order valence-corrected chi connectivity index (χ0v) is 20.4. The van der Waals surface area contributed by atoms with Gasteiger partial charge in [-0.05, 0) is 30.3 Å². The van der Waals surface area contributed by atoms with Gasteiger partial charge >= 0.3 is 0 Å². The molecule has 5 rings (SSSR count). The second-order valence-corrected chi connectivity index (χ2v) is 8.91. The molecule has 10 nitrogen and oxygen atoms in total. The minimum absolute atomic E-state index is 0.0422. The normalized spacial score (nSPS) is 11.0. The molecule has 0 atom stereocenters. The zero-order valence-electron chi connectivity index (χ0n) is 19.5. The van der Waals surface area contributed by atoms with E-state index in [4.69, 9.17) is 9.47 Å². The van der Waals surface area contributed by atoms with Gasteiger partial charge < -0.3 is 19.7 Å². The summed E-state index contributed by atoms with van der Waals surface area (Å²) < 4.78 is 12.5. The molecule has 0 saturated heterocycles. The maximum atomic E-state index is 13.8. The summed E-state index contributed by atoms with van der Waals surface area (Å²) in [6.45, 7) is 0. The number of fused-ring (bicyclic) bond motifs is 1. The molecular formula is C26H19N3O7S. The number of nitro groups is 1. The van der Waals surface area contributed by atoms with Crippen LogP contribution in [0.5, 0.6) is 23.1 Å². The molecule has 0 unspecified atom stereocenters. The van der Waals surface area contributed by atoms with Gasteiger partial charge in [0.1, 0.15) is 11.5 Å². The van der Waals surface area contributed by atoms with Gasteiger partial charge in [0.2, 0.25) is 11.7 Å². The van der Waals surface area contributed by atoms with Crippen molar-refractivity contribution >= 4 is 33.0 Å². The van der Waals surface area contributed by atoms with Crippen molar-refractivity contribution in [2.24, 2.45) is 0 Å². The molecule has 5 aromatic rings. The number of hydrogen-bond donors (Lipinski definition) is 2. The highest BCUT2D eigenvalue weighted by molar-refractivity contribution is 7.20. The molecule has 0 aliphatic carbocycles. The van der Waals surface area contributed by atoms with Crippen LogP contribution in [0.25, 0.3) is 26.6 Å². The van der Waals surface area contributed by atoms with Crippen LogP contribution < -0.4 is 9.47 Å². The largest absolute Gasteiger partial charge is 0.503 e. The second-order valence-electron chi connectivity index (χ2n) is 7.90. The molecule has 2 N–H and O–H groups in total. The molecule has 2 aromatic heterocycles. The highest BCUT2D eigenvalue weighted by Gasteiger charge is 2.32. The Morgan fingerprint density at radius 3 is 2.54 bits per heavy atom. The first-order valence-corrected chi connectivity index (χ1v) is 11.7. The predicted molar refractivity (Wildman–Crippen MR) is 137 cm³/mol. The van der Waals surface area contributed by atoms with Crippen molar-refractivity contribution in [3.63, 3.8) is 0 Å². The fraction of sp³-hybridized carbons (Fsp3) is 0.0769. The third-order valence-electron chi connectivity index (χ3n) is 5.81. The van der Waals surface area contributed by atoms with E-state index in [1.165, 1.54) is 54.4 Å². The Kier molecular flexibility index (Phi) is 5.98. The molecule has 0 amide bonds. The predicted octanol–water partition coefficient (Wildman–Crippen LogP) is 5.32. The Bertz CT molecular complexity index is 1690. The van der Waals surface area contributed by atoms with E-state index in [0.29, 0.717) is 11.3 Å². The molecule has 3 aromatic carbocycles. The Morgan fingerprint density at radius 1 is 1.03 bits per heavy atom. The van der Waals surface area contributed by atoms with E-state index >= 15 is 0 Å². The fourth-order valence-corrected chi connectivity index (χ4v) is 5.07. The van der Waals surface area contributed by atoms with Crippen LogP contribution in [0.15, 0.2) is 66.7 Å². The molecule has 2 heterocycles. The second kappa shape index (κ2) is 9.28. The van der Waals surface area contributed by atoms with Crippen LogP contribution in [-0.2, 0) is 0 Å². The van der Waals surface area contributed by atoms with Crippen LogP contribution in [0.3, 0.4) is 0 Å². The van der Waals surface area contributed by atoms with Gasteiger partial charge in [-0.1, -0.05) is 35.6 Å². The van der Waals surface area contributed by atoms with E-state index in [-0.39, 0.29) is 39.0 Å². The first kappa shape index (κ1) is 23.8. The topological polar surface area (TPSA) is 137 Å². The van der Waals surface area contributed by atoms with Gasteiger partial charge in [0.25, 0.3) is 5.69 Å². The van der Waals surface area contributed by atoms with E-state index in [9.17, 15) is 25.1 Å². The van der Waals surface area contributed by atoms with Crippen molar-refractivity contribution in [3.8, 4) is 39.5 Å². The number of aromatic hydroxyl groups is 2. The molecular weight excluding hydrogens is 498 g/mol. The van der Waals surface area contributed by atoms with Crippen LogP contribution in [0.1, 0.15) is 15.9 Å². The number of ketones is 1. The summed E-state index contributed by atoms with van der Waals surface area (Å²) in [6, 6.07) is 17.3. The Morgan fingerprint density at radius 2 is 1.81 bits per heavy atom. The highest BCUT2D eigenvalue weighted by atomic mass is 32.1. The Hall–Kier alpha value is -4.90. The minimum Gasteiger partial charge on any atom is -0.503 e. The number of nitro benzene ring substituents is 1. The van der Waals surface area contributed by atoms with Crippen LogP contribution in [0.4, 0.5) is 5.69 Å². The summed E-state index contributed by atoms with van der Waals surface area (Å²) >= 11 is 1.18. The number of non-ortho nitro benzene ring substituents is 1. The number of hydrogen-bond acceptors (Lipinski definition) is 9. The number of thiazole rings is 1. The van der Waals surface area contributed by atoms with Crippen molar-refractivity contribution in [3.05, 3.63) is 88.0 Å². The quantitative estimate of drug-likeness (QED) is 0.168. The number of benzene rings is 3. The summed E-state index contributed by atoms with van der Waals surface area (Å²) in [5.74, 6) is -1.10. The molecule has 11 heteroatoms.